The summed E-state index contributed by atoms with van der Waals surface area (Å²) in [5.41, 5.74) is 1.37. The van der Waals surface area contributed by atoms with Gasteiger partial charge in [-0.3, -0.25) is 0 Å². The summed E-state index contributed by atoms with van der Waals surface area (Å²) in [4.78, 5) is 0. The standard InChI is InChI=1S/C10H14O3/c1-7(12)8-3-2-4-9(5-8)10(13)6-11/h2-5,7,10-13H,6H2,1H3. The van der Waals surface area contributed by atoms with E-state index < -0.39 is 12.2 Å². The third-order valence-corrected chi connectivity index (χ3v) is 1.95. The Kier molecular flexibility index (Phi) is 3.42. The molecular formula is C10H14O3. The summed E-state index contributed by atoms with van der Waals surface area (Å²) in [7, 11) is 0. The molecule has 0 aromatic heterocycles. The highest BCUT2D eigenvalue weighted by molar-refractivity contribution is 5.26. The lowest BCUT2D eigenvalue weighted by atomic mass is 10.0. The fourth-order valence-electron chi connectivity index (χ4n) is 1.13. The van der Waals surface area contributed by atoms with E-state index in [0.29, 0.717) is 5.56 Å². The maximum Gasteiger partial charge on any atom is 0.102 e. The molecule has 72 valence electrons. The van der Waals surface area contributed by atoms with Crippen molar-refractivity contribution in [2.24, 2.45) is 0 Å². The first-order valence-corrected chi connectivity index (χ1v) is 4.22. The van der Waals surface area contributed by atoms with Gasteiger partial charge in [-0.15, -0.1) is 0 Å². The first-order valence-electron chi connectivity index (χ1n) is 4.22. The molecule has 3 nitrogen and oxygen atoms in total. The molecule has 0 aliphatic rings. The second kappa shape index (κ2) is 4.37. The van der Waals surface area contributed by atoms with E-state index in [1.165, 1.54) is 0 Å². The molecule has 3 N–H and O–H groups in total. The average molecular weight is 182 g/mol. The fourth-order valence-corrected chi connectivity index (χ4v) is 1.13. The Hall–Kier alpha value is -0.900. The summed E-state index contributed by atoms with van der Waals surface area (Å²) in [6.07, 6.45) is -1.41. The zero-order valence-electron chi connectivity index (χ0n) is 7.51. The Balaban J connectivity index is 2.91. The Morgan fingerprint density at radius 3 is 2.38 bits per heavy atom. The molecule has 0 amide bonds. The van der Waals surface area contributed by atoms with E-state index in [0.717, 1.165) is 5.56 Å². The minimum atomic E-state index is -0.862. The van der Waals surface area contributed by atoms with Crippen LogP contribution in [0, 0.1) is 0 Å². The van der Waals surface area contributed by atoms with Gasteiger partial charge in [0.25, 0.3) is 0 Å². The molecule has 2 unspecified atom stereocenters. The lowest BCUT2D eigenvalue weighted by Gasteiger charge is -2.10. The van der Waals surface area contributed by atoms with Crippen LogP contribution in [0.2, 0.25) is 0 Å². The molecule has 0 aliphatic heterocycles. The monoisotopic (exact) mass is 182 g/mol. The molecule has 0 fully saturated rings. The average Bonchev–Trinajstić information content (AvgIpc) is 2.17. The van der Waals surface area contributed by atoms with Gasteiger partial charge in [-0.2, -0.15) is 0 Å². The van der Waals surface area contributed by atoms with Crippen LogP contribution < -0.4 is 0 Å². The molecule has 0 aliphatic carbocycles. The highest BCUT2D eigenvalue weighted by atomic mass is 16.3. The third kappa shape index (κ3) is 2.52. The van der Waals surface area contributed by atoms with Crippen LogP contribution in [-0.2, 0) is 0 Å². The van der Waals surface area contributed by atoms with E-state index in [1.54, 1.807) is 31.2 Å². The Labute approximate surface area is 77.3 Å². The lowest BCUT2D eigenvalue weighted by molar-refractivity contribution is 0.0953. The van der Waals surface area contributed by atoms with E-state index in [9.17, 15) is 10.2 Å². The molecule has 0 saturated carbocycles. The third-order valence-electron chi connectivity index (χ3n) is 1.95. The molecule has 1 aromatic rings. The molecule has 2 atom stereocenters. The van der Waals surface area contributed by atoms with Crippen molar-refractivity contribution in [3.05, 3.63) is 35.4 Å². The van der Waals surface area contributed by atoms with Crippen LogP contribution in [0.25, 0.3) is 0 Å². The van der Waals surface area contributed by atoms with E-state index in [1.807, 2.05) is 0 Å². The van der Waals surface area contributed by atoms with Crippen LogP contribution in [0.5, 0.6) is 0 Å². The van der Waals surface area contributed by atoms with Crippen LogP contribution in [-0.4, -0.2) is 21.9 Å². The smallest absolute Gasteiger partial charge is 0.102 e. The van der Waals surface area contributed by atoms with Crippen LogP contribution in [0.1, 0.15) is 30.3 Å². The summed E-state index contributed by atoms with van der Waals surface area (Å²) in [5.74, 6) is 0. The van der Waals surface area contributed by atoms with E-state index >= 15 is 0 Å². The number of hydrogen-bond acceptors (Lipinski definition) is 3. The molecule has 3 heteroatoms. The van der Waals surface area contributed by atoms with Crippen LogP contribution in [0.3, 0.4) is 0 Å². The summed E-state index contributed by atoms with van der Waals surface area (Å²) < 4.78 is 0. The zero-order valence-corrected chi connectivity index (χ0v) is 7.51. The van der Waals surface area contributed by atoms with Gasteiger partial charge in [-0.25, -0.2) is 0 Å². The molecule has 1 aromatic carbocycles. The number of hydrogen-bond donors (Lipinski definition) is 3. The highest BCUT2D eigenvalue weighted by Crippen LogP contribution is 2.18. The minimum absolute atomic E-state index is 0.302. The zero-order chi connectivity index (χ0) is 9.84. The molecular weight excluding hydrogens is 168 g/mol. The van der Waals surface area contributed by atoms with Gasteiger partial charge >= 0.3 is 0 Å². The normalized spacial score (nSPS) is 15.4. The maximum atomic E-state index is 9.30. The van der Waals surface area contributed by atoms with E-state index in [-0.39, 0.29) is 6.61 Å². The van der Waals surface area contributed by atoms with Crippen LogP contribution >= 0.6 is 0 Å². The summed E-state index contributed by atoms with van der Waals surface area (Å²) in [6, 6.07) is 6.92. The van der Waals surface area contributed by atoms with Gasteiger partial charge in [0, 0.05) is 0 Å². The second-order valence-electron chi connectivity index (χ2n) is 3.04. The van der Waals surface area contributed by atoms with Gasteiger partial charge < -0.3 is 15.3 Å². The lowest BCUT2D eigenvalue weighted by Crippen LogP contribution is -2.03. The number of aliphatic hydroxyl groups is 3. The number of aliphatic hydroxyl groups excluding tert-OH is 3. The first kappa shape index (κ1) is 10.2. The highest BCUT2D eigenvalue weighted by Gasteiger charge is 2.07. The van der Waals surface area contributed by atoms with Crippen LogP contribution in [0.15, 0.2) is 24.3 Å². The van der Waals surface area contributed by atoms with Gasteiger partial charge in [0.05, 0.1) is 12.7 Å². The molecule has 0 heterocycles. The Morgan fingerprint density at radius 2 is 1.85 bits per heavy atom. The quantitative estimate of drug-likeness (QED) is 0.647. The first-order chi connectivity index (χ1) is 6.15. The van der Waals surface area contributed by atoms with Gasteiger partial charge in [-0.05, 0) is 18.1 Å². The minimum Gasteiger partial charge on any atom is -0.393 e. The van der Waals surface area contributed by atoms with Crippen LogP contribution in [0.4, 0.5) is 0 Å². The maximum absolute atomic E-state index is 9.30. The van der Waals surface area contributed by atoms with Crippen molar-refractivity contribution in [1.82, 2.24) is 0 Å². The molecule has 13 heavy (non-hydrogen) atoms. The van der Waals surface area contributed by atoms with E-state index in [2.05, 4.69) is 0 Å². The predicted octanol–water partition coefficient (Wildman–Crippen LogP) is 0.766. The van der Waals surface area contributed by atoms with Crippen molar-refractivity contribution in [1.29, 1.82) is 0 Å². The largest absolute Gasteiger partial charge is 0.393 e. The number of rotatable bonds is 3. The molecule has 0 saturated heterocycles. The van der Waals surface area contributed by atoms with Gasteiger partial charge in [-0.1, -0.05) is 24.3 Å². The Morgan fingerprint density at radius 1 is 1.23 bits per heavy atom. The summed E-state index contributed by atoms with van der Waals surface area (Å²) in [6.45, 7) is 1.35. The fraction of sp³-hybridized carbons (Fsp3) is 0.400. The van der Waals surface area contributed by atoms with Crippen molar-refractivity contribution >= 4 is 0 Å². The van der Waals surface area contributed by atoms with Crippen molar-refractivity contribution in [2.45, 2.75) is 19.1 Å². The second-order valence-corrected chi connectivity index (χ2v) is 3.04. The van der Waals surface area contributed by atoms with Crippen molar-refractivity contribution < 1.29 is 15.3 Å². The SMILES string of the molecule is CC(O)c1cccc(C(O)CO)c1. The molecule has 0 spiro atoms. The topological polar surface area (TPSA) is 60.7 Å². The summed E-state index contributed by atoms with van der Waals surface area (Å²) >= 11 is 0. The van der Waals surface area contributed by atoms with Gasteiger partial charge in [0.2, 0.25) is 0 Å². The molecule has 0 bridgehead atoms. The van der Waals surface area contributed by atoms with Gasteiger partial charge in [0.1, 0.15) is 6.10 Å². The van der Waals surface area contributed by atoms with Crippen molar-refractivity contribution in [3.8, 4) is 0 Å². The molecule has 0 radical (unpaired) electrons. The number of benzene rings is 1. The van der Waals surface area contributed by atoms with E-state index in [4.69, 9.17) is 5.11 Å². The van der Waals surface area contributed by atoms with Gasteiger partial charge in [0.15, 0.2) is 0 Å². The molecule has 1 rings (SSSR count). The Bertz CT molecular complexity index is 271. The van der Waals surface area contributed by atoms with Crippen molar-refractivity contribution in [2.75, 3.05) is 6.61 Å². The predicted molar refractivity (Wildman–Crippen MR) is 49.1 cm³/mol. The van der Waals surface area contributed by atoms with Crippen molar-refractivity contribution in [3.63, 3.8) is 0 Å². The summed E-state index contributed by atoms with van der Waals surface area (Å²) in [5, 5.41) is 27.3.